The lowest BCUT2D eigenvalue weighted by Crippen LogP contribution is -2.13. The summed E-state index contributed by atoms with van der Waals surface area (Å²) in [5.41, 5.74) is 10.6. The minimum atomic E-state index is -0.988. The summed E-state index contributed by atoms with van der Waals surface area (Å²) in [5.74, 6) is 1.78. The third-order valence-electron chi connectivity index (χ3n) is 11.2. The molecule has 4 aromatic rings. The van der Waals surface area contributed by atoms with Crippen LogP contribution in [0.25, 0.3) is 0 Å². The number of ether oxygens (including phenoxy) is 5. The molecule has 0 radical (unpaired) electrons. The Morgan fingerprint density at radius 2 is 1.10 bits per heavy atom. The van der Waals surface area contributed by atoms with E-state index >= 15 is 0 Å². The van der Waals surface area contributed by atoms with Gasteiger partial charge in [-0.15, -0.1) is 0 Å². The Balaban J connectivity index is 0.000000223. The highest BCUT2D eigenvalue weighted by Crippen LogP contribution is 2.38. The summed E-state index contributed by atoms with van der Waals surface area (Å²) in [6, 6.07) is 15.4. The molecule has 2 fully saturated rings. The number of aromatic hydroxyl groups is 1. The predicted octanol–water partition coefficient (Wildman–Crippen LogP) is 9.38. The van der Waals surface area contributed by atoms with Gasteiger partial charge >= 0.3 is 11.9 Å². The second-order valence-corrected chi connectivity index (χ2v) is 15.6. The molecule has 2 aromatic heterocycles. The fourth-order valence-electron chi connectivity index (χ4n) is 8.14. The van der Waals surface area contributed by atoms with E-state index in [2.05, 4.69) is 18.6 Å². The average molecular weight is 797 g/mol. The SMILES string of the molecule is COCOc1ccc(Cc2c(C)cc(OCC(=O)OC)cc2C)nc1C1CCCCC1.Cc1cc(OCC(=O)O)cc(C)c1Cc1ccc(O)c(C2CCCCC2)n1. The van der Waals surface area contributed by atoms with Crippen molar-refractivity contribution in [1.82, 2.24) is 9.97 Å². The average Bonchev–Trinajstić information content (AvgIpc) is 3.22. The van der Waals surface area contributed by atoms with Gasteiger partial charge in [0.1, 0.15) is 23.0 Å². The van der Waals surface area contributed by atoms with Crippen molar-refractivity contribution in [2.75, 3.05) is 34.2 Å². The van der Waals surface area contributed by atoms with Crippen molar-refractivity contribution in [1.29, 1.82) is 0 Å². The molecule has 2 saturated carbocycles. The third-order valence-corrected chi connectivity index (χ3v) is 11.2. The second-order valence-electron chi connectivity index (χ2n) is 15.6. The van der Waals surface area contributed by atoms with E-state index in [1.54, 1.807) is 13.2 Å². The molecule has 11 nitrogen and oxygen atoms in total. The van der Waals surface area contributed by atoms with Gasteiger partial charge in [-0.3, -0.25) is 9.97 Å². The number of carboxylic acid groups (broad SMARTS) is 1. The lowest BCUT2D eigenvalue weighted by atomic mass is 9.86. The number of nitrogens with zero attached hydrogens (tertiary/aromatic N) is 2. The van der Waals surface area contributed by atoms with Gasteiger partial charge in [-0.25, -0.2) is 9.59 Å². The van der Waals surface area contributed by atoms with E-state index < -0.39 is 11.9 Å². The Morgan fingerprint density at radius 3 is 1.59 bits per heavy atom. The first-order valence-electron chi connectivity index (χ1n) is 20.5. The highest BCUT2D eigenvalue weighted by Gasteiger charge is 2.23. The number of aryl methyl sites for hydroxylation is 4. The summed E-state index contributed by atoms with van der Waals surface area (Å²) in [4.78, 5) is 31.9. The quantitative estimate of drug-likeness (QED) is 0.0876. The molecule has 0 spiro atoms. The van der Waals surface area contributed by atoms with E-state index in [0.717, 1.165) is 88.4 Å². The van der Waals surface area contributed by atoms with Crippen LogP contribution in [-0.4, -0.2) is 66.3 Å². The molecule has 0 aliphatic heterocycles. The molecule has 2 aromatic carbocycles. The van der Waals surface area contributed by atoms with Gasteiger partial charge in [-0.05, 0) is 135 Å². The van der Waals surface area contributed by atoms with Crippen molar-refractivity contribution in [2.45, 2.75) is 117 Å². The van der Waals surface area contributed by atoms with Crippen LogP contribution in [0.4, 0.5) is 0 Å². The summed E-state index contributed by atoms with van der Waals surface area (Å²) in [6.45, 7) is 7.91. The van der Waals surface area contributed by atoms with Crippen LogP contribution in [0.3, 0.4) is 0 Å². The van der Waals surface area contributed by atoms with Crippen LogP contribution in [0, 0.1) is 27.7 Å². The van der Waals surface area contributed by atoms with Crippen molar-refractivity contribution in [2.24, 2.45) is 0 Å². The smallest absolute Gasteiger partial charge is 0.343 e. The number of methoxy groups -OCH3 is 2. The Labute approximate surface area is 343 Å². The first kappa shape index (κ1) is 44.0. The molecule has 2 heterocycles. The summed E-state index contributed by atoms with van der Waals surface area (Å²) in [7, 11) is 2.98. The van der Waals surface area contributed by atoms with E-state index in [-0.39, 0.29) is 20.0 Å². The maximum absolute atomic E-state index is 11.3. The molecule has 0 amide bonds. The van der Waals surface area contributed by atoms with E-state index in [1.807, 2.05) is 56.3 Å². The molecule has 312 valence electrons. The van der Waals surface area contributed by atoms with Crippen molar-refractivity contribution in [3.8, 4) is 23.0 Å². The summed E-state index contributed by atoms with van der Waals surface area (Å²) >= 11 is 0. The number of benzene rings is 2. The van der Waals surface area contributed by atoms with E-state index in [0.29, 0.717) is 35.5 Å². The number of aromatic nitrogens is 2. The van der Waals surface area contributed by atoms with E-state index in [1.165, 1.54) is 51.2 Å². The maximum atomic E-state index is 11.3. The van der Waals surface area contributed by atoms with Crippen LogP contribution in [0.15, 0.2) is 48.5 Å². The van der Waals surface area contributed by atoms with Crippen LogP contribution in [0.2, 0.25) is 0 Å². The van der Waals surface area contributed by atoms with Crippen LogP contribution >= 0.6 is 0 Å². The lowest BCUT2D eigenvalue weighted by molar-refractivity contribution is -0.143. The maximum Gasteiger partial charge on any atom is 0.343 e. The van der Waals surface area contributed by atoms with Crippen molar-refractivity contribution in [3.05, 3.63) is 105 Å². The lowest BCUT2D eigenvalue weighted by Gasteiger charge is -2.24. The number of hydrogen-bond donors (Lipinski definition) is 2. The molecule has 0 unspecified atom stereocenters. The molecule has 58 heavy (non-hydrogen) atoms. The Hall–Kier alpha value is -5.16. The highest BCUT2D eigenvalue weighted by molar-refractivity contribution is 5.71. The van der Waals surface area contributed by atoms with Gasteiger partial charge in [-0.2, -0.15) is 0 Å². The highest BCUT2D eigenvalue weighted by atomic mass is 16.7. The van der Waals surface area contributed by atoms with Gasteiger partial charge in [0.05, 0.1) is 18.5 Å². The number of pyridine rings is 2. The number of carbonyl (C=O) groups excluding carboxylic acids is 1. The van der Waals surface area contributed by atoms with Crippen molar-refractivity contribution >= 4 is 11.9 Å². The molecule has 6 rings (SSSR count). The summed E-state index contributed by atoms with van der Waals surface area (Å²) < 4.78 is 26.4. The summed E-state index contributed by atoms with van der Waals surface area (Å²) in [6.07, 6.45) is 13.4. The molecule has 2 aliphatic carbocycles. The largest absolute Gasteiger partial charge is 0.506 e. The number of esters is 1. The zero-order chi connectivity index (χ0) is 41.6. The topological polar surface area (TPSA) is 147 Å². The van der Waals surface area contributed by atoms with Gasteiger partial charge in [-0.1, -0.05) is 38.5 Å². The normalized spacial score (nSPS) is 14.6. The first-order valence-corrected chi connectivity index (χ1v) is 20.5. The van der Waals surface area contributed by atoms with Gasteiger partial charge < -0.3 is 33.9 Å². The van der Waals surface area contributed by atoms with Gasteiger partial charge in [0.2, 0.25) is 0 Å². The molecule has 0 bridgehead atoms. The zero-order valence-electron chi connectivity index (χ0n) is 35.0. The fourth-order valence-corrected chi connectivity index (χ4v) is 8.14. The van der Waals surface area contributed by atoms with E-state index in [9.17, 15) is 14.7 Å². The number of hydrogen-bond acceptors (Lipinski definition) is 10. The van der Waals surface area contributed by atoms with Gasteiger partial charge in [0.25, 0.3) is 0 Å². The van der Waals surface area contributed by atoms with Crippen LogP contribution in [0.5, 0.6) is 23.0 Å². The molecule has 0 atom stereocenters. The van der Waals surface area contributed by atoms with Crippen molar-refractivity contribution in [3.63, 3.8) is 0 Å². The number of carbonyl (C=O) groups is 2. The Kier molecular flexibility index (Phi) is 16.3. The minimum Gasteiger partial charge on any atom is -0.506 e. The monoisotopic (exact) mass is 796 g/mol. The molecular formula is C47H60N2O9. The summed E-state index contributed by atoms with van der Waals surface area (Å²) in [5, 5.41) is 19.0. The Morgan fingerprint density at radius 1 is 0.638 bits per heavy atom. The van der Waals surface area contributed by atoms with Crippen molar-refractivity contribution < 1.29 is 43.5 Å². The second kappa shape index (κ2) is 21.6. The molecular weight excluding hydrogens is 737 g/mol. The van der Waals surface area contributed by atoms with Crippen LogP contribution in [0.1, 0.15) is 132 Å². The standard InChI is InChI=1S/C25H33NO5.C22H27NO4/c1-17-12-21(30-15-24(27)29-4)13-18(2)22(17)14-20-10-11-23(31-16-28-3)25(26-20)19-8-6-5-7-9-19;1-14-10-18(27-13-21(25)26)11-15(2)19(14)12-17-8-9-20(24)22(23-17)16-6-4-3-5-7-16/h10-13,19H,5-9,14-16H2,1-4H3;8-11,16,24H,3-7,12-13H2,1-2H3,(H,25,26). The zero-order valence-corrected chi connectivity index (χ0v) is 35.0. The van der Waals surface area contributed by atoms with E-state index in [4.69, 9.17) is 34.0 Å². The number of carboxylic acids is 1. The molecule has 2 aliphatic rings. The Bertz CT molecular complexity index is 1950. The van der Waals surface area contributed by atoms with Gasteiger partial charge in [0.15, 0.2) is 20.0 Å². The minimum absolute atomic E-state index is 0.0933. The molecule has 11 heteroatoms. The van der Waals surface area contributed by atoms with Crippen LogP contribution < -0.4 is 14.2 Å². The number of rotatable bonds is 15. The molecule has 2 N–H and O–H groups in total. The fraction of sp³-hybridized carbons (Fsp3) is 0.489. The molecule has 0 saturated heterocycles. The first-order chi connectivity index (χ1) is 27.9. The third kappa shape index (κ3) is 12.4. The number of aliphatic carboxylic acids is 1. The van der Waals surface area contributed by atoms with Gasteiger partial charge in [0, 0.05) is 43.2 Å². The van der Waals surface area contributed by atoms with Crippen LogP contribution in [-0.2, 0) is 31.9 Å². The predicted molar refractivity (Wildman–Crippen MR) is 222 cm³/mol.